The third-order valence-corrected chi connectivity index (χ3v) is 14.6. The fraction of sp³-hybridized carbons (Fsp3) is 0.0698. The lowest BCUT2D eigenvalue weighted by Gasteiger charge is -2.49. The monoisotopic (exact) mass is 578 g/mol. The second kappa shape index (κ2) is 10.9. The van der Waals surface area contributed by atoms with Gasteiger partial charge in [0.25, 0.3) is 0 Å². The second-order valence-electron chi connectivity index (χ2n) is 11.9. The van der Waals surface area contributed by atoms with E-state index in [1.807, 2.05) is 0 Å². The highest BCUT2D eigenvalue weighted by atomic mass is 28.3. The highest BCUT2D eigenvalue weighted by Crippen LogP contribution is 2.55. The van der Waals surface area contributed by atoms with E-state index in [0.717, 1.165) is 12.8 Å². The lowest BCUT2D eigenvalue weighted by molar-refractivity contribution is 0.769. The third kappa shape index (κ3) is 3.90. The summed E-state index contributed by atoms with van der Waals surface area (Å²) in [6.45, 7) is 0. The molecule has 0 amide bonds. The van der Waals surface area contributed by atoms with Gasteiger partial charge in [0.15, 0.2) is 0 Å². The Labute approximate surface area is 261 Å². The summed E-state index contributed by atoms with van der Waals surface area (Å²) in [6.07, 6.45) is 9.49. The molecule has 0 bridgehead atoms. The quantitative estimate of drug-likeness (QED) is 0.137. The van der Waals surface area contributed by atoms with Crippen molar-refractivity contribution >= 4 is 23.6 Å². The number of allylic oxidation sites excluding steroid dienone is 4. The number of rotatable bonds is 6. The smallest absolute Gasteiger partial charge is 0.0713 e. The molecule has 6 aromatic rings. The summed E-state index contributed by atoms with van der Waals surface area (Å²) in [5.74, 6) is 0. The van der Waals surface area contributed by atoms with Crippen LogP contribution >= 0.6 is 0 Å². The van der Waals surface area contributed by atoms with E-state index in [-0.39, 0.29) is 5.41 Å². The van der Waals surface area contributed by atoms with Gasteiger partial charge < -0.3 is 0 Å². The molecular weight excluding hydrogens is 545 g/mol. The van der Waals surface area contributed by atoms with Crippen LogP contribution in [0.4, 0.5) is 0 Å². The van der Waals surface area contributed by atoms with Gasteiger partial charge in [-0.15, -0.1) is 6.08 Å². The lowest BCUT2D eigenvalue weighted by Crippen LogP contribution is -2.68. The van der Waals surface area contributed by atoms with Gasteiger partial charge in [-0.3, -0.25) is 0 Å². The number of benzene rings is 6. The average molecular weight is 579 g/mol. The molecule has 8 rings (SSSR count). The third-order valence-electron chi connectivity index (χ3n) is 9.75. The Morgan fingerprint density at radius 3 is 1.39 bits per heavy atom. The fourth-order valence-corrected chi connectivity index (χ4v) is 12.8. The Morgan fingerprint density at radius 1 is 0.409 bits per heavy atom. The molecule has 0 N–H and O–H groups in total. The molecule has 0 nitrogen and oxygen atoms in total. The van der Waals surface area contributed by atoms with E-state index in [9.17, 15) is 0 Å². The van der Waals surface area contributed by atoms with Crippen molar-refractivity contribution in [3.05, 3.63) is 209 Å². The topological polar surface area (TPSA) is 0 Å². The Morgan fingerprint density at radius 2 is 0.864 bits per heavy atom. The summed E-state index contributed by atoms with van der Waals surface area (Å²) in [7, 11) is -2.56. The van der Waals surface area contributed by atoms with Crippen molar-refractivity contribution in [2.45, 2.75) is 18.3 Å². The molecule has 44 heavy (non-hydrogen) atoms. The van der Waals surface area contributed by atoms with Crippen LogP contribution < -0.4 is 15.6 Å². The zero-order valence-electron chi connectivity index (χ0n) is 24.7. The molecule has 2 aliphatic carbocycles. The highest BCUT2D eigenvalue weighted by molar-refractivity contribution is 7.16. The number of hydrogen-bond acceptors (Lipinski definition) is 0. The molecule has 0 saturated carbocycles. The van der Waals surface area contributed by atoms with Gasteiger partial charge >= 0.3 is 0 Å². The van der Waals surface area contributed by atoms with Crippen LogP contribution in [0.5, 0.6) is 0 Å². The van der Waals surface area contributed by atoms with Crippen molar-refractivity contribution < 1.29 is 0 Å². The summed E-state index contributed by atoms with van der Waals surface area (Å²) in [5.41, 5.74) is 7.58. The predicted molar refractivity (Wildman–Crippen MR) is 188 cm³/mol. The van der Waals surface area contributed by atoms with Crippen molar-refractivity contribution in [2.24, 2.45) is 0 Å². The summed E-state index contributed by atoms with van der Waals surface area (Å²) in [5, 5.41) is 5.74. The van der Waals surface area contributed by atoms with E-state index in [1.165, 1.54) is 54.1 Å². The van der Waals surface area contributed by atoms with Crippen LogP contribution in [0.1, 0.15) is 35.1 Å². The molecule has 0 radical (unpaired) electrons. The van der Waals surface area contributed by atoms with Crippen LogP contribution in [-0.2, 0) is 5.41 Å². The van der Waals surface area contributed by atoms with Crippen molar-refractivity contribution in [2.75, 3.05) is 0 Å². The second-order valence-corrected chi connectivity index (χ2v) is 15.7. The average Bonchev–Trinajstić information content (AvgIpc) is 3.42. The normalized spacial score (nSPS) is 14.9. The zero-order chi connectivity index (χ0) is 29.4. The van der Waals surface area contributed by atoms with Crippen molar-refractivity contribution in [1.29, 1.82) is 0 Å². The molecule has 0 fully saturated rings. The van der Waals surface area contributed by atoms with E-state index >= 15 is 0 Å². The highest BCUT2D eigenvalue weighted by Gasteiger charge is 2.45. The first-order valence-electron chi connectivity index (χ1n) is 15.7. The maximum Gasteiger partial charge on any atom is 0.0713 e. The van der Waals surface area contributed by atoms with Crippen molar-refractivity contribution in [1.82, 2.24) is 0 Å². The molecule has 0 aliphatic heterocycles. The Bertz CT molecular complexity index is 1900. The minimum atomic E-state index is -2.56. The Balaban J connectivity index is 1.41. The predicted octanol–water partition coefficient (Wildman–Crippen LogP) is 8.34. The molecule has 211 valence electrons. The van der Waals surface area contributed by atoms with Crippen LogP contribution in [0, 0.1) is 0 Å². The molecule has 0 unspecified atom stereocenters. The minimum Gasteiger partial charge on any atom is -0.176 e. The van der Waals surface area contributed by atoms with E-state index in [0.29, 0.717) is 0 Å². The van der Waals surface area contributed by atoms with Crippen molar-refractivity contribution in [3.63, 3.8) is 0 Å². The van der Waals surface area contributed by atoms with Crippen molar-refractivity contribution in [3.8, 4) is 11.1 Å². The van der Waals surface area contributed by atoms with Gasteiger partial charge in [-0.25, -0.2) is 0 Å². The first-order chi connectivity index (χ1) is 21.8. The molecule has 2 aliphatic rings. The summed E-state index contributed by atoms with van der Waals surface area (Å²) < 4.78 is 0. The van der Waals surface area contributed by atoms with Crippen LogP contribution in [0.15, 0.2) is 187 Å². The molecule has 0 atom stereocenters. The van der Waals surface area contributed by atoms with E-state index in [4.69, 9.17) is 0 Å². The van der Waals surface area contributed by atoms with Crippen LogP contribution in [0.3, 0.4) is 0 Å². The molecular formula is C43H34Si-. The summed E-state index contributed by atoms with van der Waals surface area (Å²) in [6, 6.07) is 61.4. The van der Waals surface area contributed by atoms with Gasteiger partial charge in [0.2, 0.25) is 0 Å². The van der Waals surface area contributed by atoms with E-state index < -0.39 is 8.07 Å². The minimum absolute atomic E-state index is 0.388. The van der Waals surface area contributed by atoms with Gasteiger partial charge in [0, 0.05) is 0 Å². The lowest BCUT2D eigenvalue weighted by atomic mass is 9.68. The van der Waals surface area contributed by atoms with Crippen LogP contribution in [0.2, 0.25) is 0 Å². The number of hydrogen-bond donors (Lipinski definition) is 0. The SMILES string of the molecule is C1=CC([Si-](c2ccccc2)(c2ccccc2)c2ccc(C3(c4ccccc4)c4ccccc4-c4ccccc43)cc2)=CCC1. The first-order valence-corrected chi connectivity index (χ1v) is 17.7. The zero-order valence-corrected chi connectivity index (χ0v) is 25.7. The van der Waals surface area contributed by atoms with E-state index in [2.05, 4.69) is 182 Å². The van der Waals surface area contributed by atoms with Gasteiger partial charge in [-0.2, -0.15) is 20.8 Å². The van der Waals surface area contributed by atoms with Gasteiger partial charge in [-0.05, 0) is 54.3 Å². The standard InChI is InChI=1S/C43H34Si/c1-5-17-33(18-6-1)43(41-27-15-13-25-39(41)40-26-14-16-28-42(40)43)34-29-31-38(32-30-34)44(35-19-7-2-8-20-35,36-21-9-3-10-22-36)37-23-11-4-12-24-37/h1-3,5-11,13-32H,4,12H2/q-1. The molecule has 6 aromatic carbocycles. The maximum atomic E-state index is 2.51. The Hall–Kier alpha value is -4.98. The molecule has 0 aromatic heterocycles. The van der Waals surface area contributed by atoms with Gasteiger partial charge in [-0.1, -0.05) is 176 Å². The molecule has 1 heteroatoms. The largest absolute Gasteiger partial charge is 0.176 e. The summed E-state index contributed by atoms with van der Waals surface area (Å²) >= 11 is 0. The molecule has 0 heterocycles. The molecule has 0 saturated heterocycles. The van der Waals surface area contributed by atoms with Gasteiger partial charge in [0.1, 0.15) is 0 Å². The van der Waals surface area contributed by atoms with Crippen LogP contribution in [-0.4, -0.2) is 8.07 Å². The summed E-state index contributed by atoms with van der Waals surface area (Å²) in [4.78, 5) is 0. The fourth-order valence-electron chi connectivity index (χ4n) is 7.95. The van der Waals surface area contributed by atoms with Gasteiger partial charge in [0.05, 0.1) is 5.41 Å². The molecule has 0 spiro atoms. The first kappa shape index (κ1) is 26.6. The van der Waals surface area contributed by atoms with Crippen LogP contribution in [0.25, 0.3) is 11.1 Å². The number of fused-ring (bicyclic) bond motifs is 3. The Kier molecular flexibility index (Phi) is 6.62. The van der Waals surface area contributed by atoms with E-state index in [1.54, 1.807) is 0 Å². The maximum absolute atomic E-state index is 2.56.